The molecule has 13 heavy (non-hydrogen) atoms. The van der Waals surface area contributed by atoms with Gasteiger partial charge in [0.15, 0.2) is 0 Å². The number of nitrogens with zero attached hydrogens (tertiary/aromatic N) is 3. The van der Waals surface area contributed by atoms with Gasteiger partial charge in [0.05, 0.1) is 18.4 Å². The van der Waals surface area contributed by atoms with E-state index >= 15 is 0 Å². The molecule has 1 N–H and O–H groups in total. The molecule has 0 fully saturated rings. The maximum atomic E-state index is 8.81. The van der Waals surface area contributed by atoms with Gasteiger partial charge >= 0.3 is 0 Å². The average Bonchev–Trinajstić information content (AvgIpc) is 2.18. The van der Waals surface area contributed by atoms with Gasteiger partial charge in [-0.2, -0.15) is 10.4 Å². The molecule has 1 aromatic rings. The van der Waals surface area contributed by atoms with Gasteiger partial charge in [0.25, 0.3) is 0 Å². The van der Waals surface area contributed by atoms with Crippen LogP contribution < -0.4 is 0 Å². The fourth-order valence-corrected chi connectivity index (χ4v) is 1.51. The molecule has 5 heteroatoms. The number of aliphatic hydroxyl groups excluding tert-OH is 1. The molecule has 68 valence electrons. The molecule has 1 aromatic heterocycles. The second-order valence-electron chi connectivity index (χ2n) is 2.47. The Hall–Kier alpha value is -1.12. The Morgan fingerprint density at radius 3 is 3.15 bits per heavy atom. The lowest BCUT2D eigenvalue weighted by atomic mass is 10.3. The molecule has 0 aliphatic rings. The second-order valence-corrected chi connectivity index (χ2v) is 3.90. The molecular formula is C8H9N3OS. The van der Waals surface area contributed by atoms with Crippen LogP contribution in [0.4, 0.5) is 0 Å². The van der Waals surface area contributed by atoms with Crippen molar-refractivity contribution in [1.82, 2.24) is 10.2 Å². The van der Waals surface area contributed by atoms with Crippen LogP contribution in [0.15, 0.2) is 17.3 Å². The summed E-state index contributed by atoms with van der Waals surface area (Å²) in [6.07, 6.45) is 1.48. The number of aromatic nitrogens is 2. The molecule has 0 radical (unpaired) electrons. The summed E-state index contributed by atoms with van der Waals surface area (Å²) in [6, 6.07) is 3.63. The van der Waals surface area contributed by atoms with Crippen LogP contribution in [0.25, 0.3) is 0 Å². The van der Waals surface area contributed by atoms with Gasteiger partial charge in [0.2, 0.25) is 0 Å². The van der Waals surface area contributed by atoms with Crippen molar-refractivity contribution in [2.45, 2.75) is 17.2 Å². The predicted octanol–water partition coefficient (Wildman–Crippen LogP) is 0.821. The molecule has 1 heterocycles. The van der Waals surface area contributed by atoms with E-state index in [0.29, 0.717) is 10.6 Å². The fourth-order valence-electron chi connectivity index (χ4n) is 0.719. The first-order chi connectivity index (χ1) is 6.27. The van der Waals surface area contributed by atoms with Crippen LogP contribution in [-0.4, -0.2) is 27.2 Å². The summed E-state index contributed by atoms with van der Waals surface area (Å²) in [4.78, 5) is 0. The summed E-state index contributed by atoms with van der Waals surface area (Å²) in [5, 5.41) is 25.6. The van der Waals surface area contributed by atoms with Gasteiger partial charge in [-0.1, -0.05) is 18.7 Å². The molecule has 0 aromatic carbocycles. The second kappa shape index (κ2) is 4.80. The van der Waals surface area contributed by atoms with Gasteiger partial charge in [-0.3, -0.25) is 0 Å². The number of hydrogen-bond acceptors (Lipinski definition) is 5. The molecular weight excluding hydrogens is 186 g/mol. The van der Waals surface area contributed by atoms with Crippen LogP contribution in [0.3, 0.4) is 0 Å². The van der Waals surface area contributed by atoms with Gasteiger partial charge < -0.3 is 5.11 Å². The van der Waals surface area contributed by atoms with Gasteiger partial charge in [0, 0.05) is 5.25 Å². The van der Waals surface area contributed by atoms with Crippen molar-refractivity contribution in [1.29, 1.82) is 5.26 Å². The van der Waals surface area contributed by atoms with Crippen molar-refractivity contribution in [2.75, 3.05) is 6.61 Å². The van der Waals surface area contributed by atoms with E-state index in [1.807, 2.05) is 13.0 Å². The zero-order valence-corrected chi connectivity index (χ0v) is 7.95. The Morgan fingerprint density at radius 1 is 1.77 bits per heavy atom. The Bertz CT molecular complexity index is 323. The Labute approximate surface area is 80.6 Å². The minimum Gasteiger partial charge on any atom is -0.395 e. The zero-order valence-electron chi connectivity index (χ0n) is 7.14. The highest BCUT2D eigenvalue weighted by Crippen LogP contribution is 2.22. The van der Waals surface area contributed by atoms with Gasteiger partial charge in [-0.15, -0.1) is 5.10 Å². The summed E-state index contributed by atoms with van der Waals surface area (Å²) in [6.45, 7) is 1.92. The van der Waals surface area contributed by atoms with Crippen LogP contribution in [-0.2, 0) is 0 Å². The maximum absolute atomic E-state index is 8.81. The lowest BCUT2D eigenvalue weighted by molar-refractivity contribution is 0.300. The van der Waals surface area contributed by atoms with Crippen molar-refractivity contribution in [3.8, 4) is 6.07 Å². The molecule has 1 atom stereocenters. The normalized spacial score (nSPS) is 12.1. The lowest BCUT2D eigenvalue weighted by Crippen LogP contribution is -2.03. The monoisotopic (exact) mass is 195 g/mol. The van der Waals surface area contributed by atoms with Gasteiger partial charge in [-0.05, 0) is 6.07 Å². The summed E-state index contributed by atoms with van der Waals surface area (Å²) < 4.78 is 0. The number of nitriles is 1. The topological polar surface area (TPSA) is 69.8 Å². The molecule has 0 saturated heterocycles. The molecule has 0 aliphatic carbocycles. The van der Waals surface area contributed by atoms with Gasteiger partial charge in [-0.25, -0.2) is 0 Å². The van der Waals surface area contributed by atoms with E-state index in [4.69, 9.17) is 10.4 Å². The SMILES string of the molecule is CC(CO)Sc1nnccc1C#N. The number of aliphatic hydroxyl groups is 1. The number of rotatable bonds is 3. The van der Waals surface area contributed by atoms with E-state index in [-0.39, 0.29) is 11.9 Å². The van der Waals surface area contributed by atoms with Crippen molar-refractivity contribution in [3.05, 3.63) is 17.8 Å². The molecule has 0 spiro atoms. The van der Waals surface area contributed by atoms with Crippen molar-refractivity contribution >= 4 is 11.8 Å². The van der Waals surface area contributed by atoms with Crippen molar-refractivity contribution < 1.29 is 5.11 Å². The minimum atomic E-state index is 0.0313. The van der Waals surface area contributed by atoms with E-state index in [9.17, 15) is 0 Å². The fraction of sp³-hybridized carbons (Fsp3) is 0.375. The largest absolute Gasteiger partial charge is 0.395 e. The maximum Gasteiger partial charge on any atom is 0.137 e. The Kier molecular flexibility index (Phi) is 3.68. The van der Waals surface area contributed by atoms with Crippen LogP contribution in [0.1, 0.15) is 12.5 Å². The average molecular weight is 195 g/mol. The van der Waals surface area contributed by atoms with Crippen LogP contribution in [0, 0.1) is 11.3 Å². The standard InChI is InChI=1S/C8H9N3OS/c1-6(5-12)13-8-7(4-9)2-3-10-11-8/h2-3,6,12H,5H2,1H3. The Balaban J connectivity index is 2.82. The molecule has 0 bridgehead atoms. The molecule has 0 saturated carbocycles. The molecule has 1 unspecified atom stereocenters. The number of hydrogen-bond donors (Lipinski definition) is 1. The van der Waals surface area contributed by atoms with Crippen molar-refractivity contribution in [2.24, 2.45) is 0 Å². The predicted molar refractivity (Wildman–Crippen MR) is 49.2 cm³/mol. The number of thioether (sulfide) groups is 1. The first-order valence-electron chi connectivity index (χ1n) is 3.77. The van der Waals surface area contributed by atoms with Crippen LogP contribution in [0.5, 0.6) is 0 Å². The molecule has 4 nitrogen and oxygen atoms in total. The highest BCUT2D eigenvalue weighted by molar-refractivity contribution is 7.99. The highest BCUT2D eigenvalue weighted by Gasteiger charge is 2.08. The summed E-state index contributed by atoms with van der Waals surface area (Å²) in [7, 11) is 0. The molecule has 0 amide bonds. The van der Waals surface area contributed by atoms with Crippen LogP contribution >= 0.6 is 11.8 Å². The highest BCUT2D eigenvalue weighted by atomic mass is 32.2. The van der Waals surface area contributed by atoms with E-state index in [0.717, 1.165) is 0 Å². The third-order valence-corrected chi connectivity index (χ3v) is 2.45. The van der Waals surface area contributed by atoms with E-state index in [2.05, 4.69) is 10.2 Å². The zero-order chi connectivity index (χ0) is 9.68. The first kappa shape index (κ1) is 9.96. The smallest absolute Gasteiger partial charge is 0.137 e. The van der Waals surface area contributed by atoms with Crippen molar-refractivity contribution in [3.63, 3.8) is 0 Å². The first-order valence-corrected chi connectivity index (χ1v) is 4.65. The molecule has 1 rings (SSSR count). The third kappa shape index (κ3) is 2.68. The lowest BCUT2D eigenvalue weighted by Gasteiger charge is -2.05. The third-order valence-electron chi connectivity index (χ3n) is 1.38. The van der Waals surface area contributed by atoms with Crippen LogP contribution in [0.2, 0.25) is 0 Å². The summed E-state index contributed by atoms with van der Waals surface area (Å²) in [5.74, 6) is 0. The Morgan fingerprint density at radius 2 is 2.54 bits per heavy atom. The molecule has 0 aliphatic heterocycles. The summed E-state index contributed by atoms with van der Waals surface area (Å²) in [5.41, 5.74) is 0.500. The van der Waals surface area contributed by atoms with Gasteiger partial charge in [0.1, 0.15) is 11.1 Å². The summed E-state index contributed by atoms with van der Waals surface area (Å²) >= 11 is 1.35. The minimum absolute atomic E-state index is 0.0313. The van der Waals surface area contributed by atoms with E-state index in [1.165, 1.54) is 18.0 Å². The quantitative estimate of drug-likeness (QED) is 0.723. The van der Waals surface area contributed by atoms with E-state index in [1.54, 1.807) is 6.07 Å². The van der Waals surface area contributed by atoms with E-state index < -0.39 is 0 Å².